The van der Waals surface area contributed by atoms with Crippen molar-refractivity contribution >= 4 is 21.9 Å². The molecule has 2 rings (SSSR count). The normalized spacial score (nSPS) is 10.2. The summed E-state index contributed by atoms with van der Waals surface area (Å²) in [5.41, 5.74) is 1.44. The molecule has 1 aromatic carbocycles. The molecule has 5 nitrogen and oxygen atoms in total. The van der Waals surface area contributed by atoms with E-state index in [2.05, 4.69) is 25.9 Å². The number of benzene rings is 1. The largest absolute Gasteiger partial charge is 0.478 e. The molecule has 98 valence electrons. The van der Waals surface area contributed by atoms with Crippen molar-refractivity contribution < 1.29 is 14.6 Å². The van der Waals surface area contributed by atoms with Crippen LogP contribution in [-0.4, -0.2) is 21.0 Å². The summed E-state index contributed by atoms with van der Waals surface area (Å²) in [5.74, 6) is -1.04. The second-order valence-corrected chi connectivity index (χ2v) is 4.79. The molecule has 0 bridgehead atoms. The number of nitrogens with zero attached hydrogens (tertiary/aromatic N) is 2. The standard InChI is InChI=1S/C13H11BrN2O3/c1-8-11(12(17)18)6-15-13(16-8)19-7-9-2-4-10(14)5-3-9/h2-6H,7H2,1H3,(H,17,18). The van der Waals surface area contributed by atoms with Gasteiger partial charge in [-0.3, -0.25) is 0 Å². The van der Waals surface area contributed by atoms with Gasteiger partial charge in [0, 0.05) is 10.7 Å². The number of aryl methyl sites for hydroxylation is 1. The third-order valence-corrected chi connectivity index (χ3v) is 3.00. The SMILES string of the molecule is Cc1nc(OCc2ccc(Br)cc2)ncc1C(=O)O. The zero-order chi connectivity index (χ0) is 13.8. The number of halogens is 1. The van der Waals surface area contributed by atoms with E-state index in [1.54, 1.807) is 6.92 Å². The minimum atomic E-state index is -1.04. The molecule has 0 radical (unpaired) electrons. The molecule has 1 heterocycles. The smallest absolute Gasteiger partial charge is 0.339 e. The number of ether oxygens (including phenoxy) is 1. The minimum absolute atomic E-state index is 0.0796. The molecule has 0 atom stereocenters. The zero-order valence-electron chi connectivity index (χ0n) is 10.1. The van der Waals surface area contributed by atoms with Crippen LogP contribution >= 0.6 is 15.9 Å². The molecule has 0 amide bonds. The van der Waals surface area contributed by atoms with E-state index in [0.717, 1.165) is 10.0 Å². The number of carboxylic acid groups (broad SMARTS) is 1. The molecule has 0 aliphatic carbocycles. The molecular formula is C13H11BrN2O3. The van der Waals surface area contributed by atoms with Crippen LogP contribution in [0.1, 0.15) is 21.6 Å². The van der Waals surface area contributed by atoms with Crippen LogP contribution in [0.3, 0.4) is 0 Å². The second-order valence-electron chi connectivity index (χ2n) is 3.87. The van der Waals surface area contributed by atoms with Gasteiger partial charge in [0.15, 0.2) is 0 Å². The third kappa shape index (κ3) is 3.51. The minimum Gasteiger partial charge on any atom is -0.478 e. The highest BCUT2D eigenvalue weighted by Crippen LogP contribution is 2.13. The molecule has 0 fully saturated rings. The van der Waals surface area contributed by atoms with Crippen LogP contribution in [0.15, 0.2) is 34.9 Å². The monoisotopic (exact) mass is 322 g/mol. The lowest BCUT2D eigenvalue weighted by atomic mass is 10.2. The number of aromatic nitrogens is 2. The van der Waals surface area contributed by atoms with Crippen molar-refractivity contribution in [3.05, 3.63) is 51.8 Å². The van der Waals surface area contributed by atoms with Crippen LogP contribution in [0.2, 0.25) is 0 Å². The predicted molar refractivity (Wildman–Crippen MR) is 72.2 cm³/mol. The van der Waals surface area contributed by atoms with Gasteiger partial charge in [-0.2, -0.15) is 4.98 Å². The Hall–Kier alpha value is -1.95. The van der Waals surface area contributed by atoms with Crippen molar-refractivity contribution in [3.8, 4) is 6.01 Å². The summed E-state index contributed by atoms with van der Waals surface area (Å²) in [5, 5.41) is 8.87. The van der Waals surface area contributed by atoms with Gasteiger partial charge in [0.2, 0.25) is 0 Å². The van der Waals surface area contributed by atoms with Crippen molar-refractivity contribution in [2.75, 3.05) is 0 Å². The predicted octanol–water partition coefficient (Wildman–Crippen LogP) is 2.82. The van der Waals surface area contributed by atoms with Crippen LogP contribution < -0.4 is 4.74 Å². The average molecular weight is 323 g/mol. The lowest BCUT2D eigenvalue weighted by molar-refractivity contribution is 0.0695. The van der Waals surface area contributed by atoms with Gasteiger partial charge < -0.3 is 9.84 Å². The van der Waals surface area contributed by atoms with Crippen molar-refractivity contribution in [3.63, 3.8) is 0 Å². The van der Waals surface area contributed by atoms with Gasteiger partial charge in [-0.05, 0) is 24.6 Å². The van der Waals surface area contributed by atoms with Gasteiger partial charge in [0.25, 0.3) is 0 Å². The van der Waals surface area contributed by atoms with Crippen molar-refractivity contribution in [2.24, 2.45) is 0 Å². The Bertz CT molecular complexity index is 599. The van der Waals surface area contributed by atoms with Crippen molar-refractivity contribution in [2.45, 2.75) is 13.5 Å². The highest BCUT2D eigenvalue weighted by molar-refractivity contribution is 9.10. The van der Waals surface area contributed by atoms with Crippen LogP contribution in [-0.2, 0) is 6.61 Å². The van der Waals surface area contributed by atoms with E-state index in [1.165, 1.54) is 6.20 Å². The number of hydrogen-bond acceptors (Lipinski definition) is 4. The van der Waals surface area contributed by atoms with Gasteiger partial charge >= 0.3 is 12.0 Å². The van der Waals surface area contributed by atoms with E-state index in [4.69, 9.17) is 9.84 Å². The maximum atomic E-state index is 10.8. The van der Waals surface area contributed by atoms with E-state index < -0.39 is 5.97 Å². The first kappa shape index (κ1) is 13.5. The summed E-state index contributed by atoms with van der Waals surface area (Å²) < 4.78 is 6.41. The molecule has 1 aromatic heterocycles. The first-order valence-electron chi connectivity index (χ1n) is 5.50. The number of hydrogen-bond donors (Lipinski definition) is 1. The number of rotatable bonds is 4. The lowest BCUT2D eigenvalue weighted by Gasteiger charge is -2.06. The molecule has 2 aromatic rings. The Morgan fingerprint density at radius 3 is 2.63 bits per heavy atom. The number of aromatic carboxylic acids is 1. The maximum absolute atomic E-state index is 10.8. The molecule has 19 heavy (non-hydrogen) atoms. The molecule has 0 spiro atoms. The summed E-state index contributed by atoms with van der Waals surface area (Å²) in [7, 11) is 0. The number of carbonyl (C=O) groups is 1. The first-order chi connectivity index (χ1) is 9.06. The molecule has 0 saturated heterocycles. The van der Waals surface area contributed by atoms with E-state index in [-0.39, 0.29) is 11.6 Å². The summed E-state index contributed by atoms with van der Waals surface area (Å²) in [6.45, 7) is 1.94. The summed E-state index contributed by atoms with van der Waals surface area (Å²) in [6.07, 6.45) is 1.25. The highest BCUT2D eigenvalue weighted by Gasteiger charge is 2.10. The molecule has 0 aliphatic heterocycles. The van der Waals surface area contributed by atoms with Crippen LogP contribution in [0.4, 0.5) is 0 Å². The molecule has 6 heteroatoms. The fourth-order valence-electron chi connectivity index (χ4n) is 1.45. The molecule has 0 unspecified atom stereocenters. The van der Waals surface area contributed by atoms with Crippen LogP contribution in [0.5, 0.6) is 6.01 Å². The summed E-state index contributed by atoms with van der Waals surface area (Å²) in [4.78, 5) is 18.7. The van der Waals surface area contributed by atoms with Crippen LogP contribution in [0, 0.1) is 6.92 Å². The Kier molecular flexibility index (Phi) is 4.11. The zero-order valence-corrected chi connectivity index (χ0v) is 11.7. The van der Waals surface area contributed by atoms with Gasteiger partial charge in [0.1, 0.15) is 6.61 Å². The maximum Gasteiger partial charge on any atom is 0.339 e. The average Bonchev–Trinajstić information content (AvgIpc) is 2.37. The van der Waals surface area contributed by atoms with E-state index >= 15 is 0 Å². The van der Waals surface area contributed by atoms with Crippen LogP contribution in [0.25, 0.3) is 0 Å². The van der Waals surface area contributed by atoms with Gasteiger partial charge in [-0.15, -0.1) is 0 Å². The van der Waals surface area contributed by atoms with E-state index in [9.17, 15) is 4.79 Å². The topological polar surface area (TPSA) is 72.3 Å². The Morgan fingerprint density at radius 1 is 1.37 bits per heavy atom. The van der Waals surface area contributed by atoms with E-state index in [1.807, 2.05) is 24.3 Å². The van der Waals surface area contributed by atoms with Gasteiger partial charge in [-0.25, -0.2) is 9.78 Å². The first-order valence-corrected chi connectivity index (χ1v) is 6.30. The van der Waals surface area contributed by atoms with Crippen molar-refractivity contribution in [1.82, 2.24) is 9.97 Å². The molecule has 0 aliphatic rings. The summed E-state index contributed by atoms with van der Waals surface area (Å²) in [6, 6.07) is 7.84. The Labute approximate surface area is 118 Å². The second kappa shape index (κ2) is 5.79. The quantitative estimate of drug-likeness (QED) is 0.937. The summed E-state index contributed by atoms with van der Waals surface area (Å²) >= 11 is 3.35. The fraction of sp³-hybridized carbons (Fsp3) is 0.154. The fourth-order valence-corrected chi connectivity index (χ4v) is 1.72. The molecular weight excluding hydrogens is 312 g/mol. The van der Waals surface area contributed by atoms with Crippen molar-refractivity contribution in [1.29, 1.82) is 0 Å². The highest BCUT2D eigenvalue weighted by atomic mass is 79.9. The Balaban J connectivity index is 2.06. The van der Waals surface area contributed by atoms with Gasteiger partial charge in [-0.1, -0.05) is 28.1 Å². The number of carboxylic acids is 1. The molecule has 1 N–H and O–H groups in total. The third-order valence-electron chi connectivity index (χ3n) is 2.47. The van der Waals surface area contributed by atoms with E-state index in [0.29, 0.717) is 12.3 Å². The van der Waals surface area contributed by atoms with Gasteiger partial charge in [0.05, 0.1) is 11.3 Å². The Morgan fingerprint density at radius 2 is 2.05 bits per heavy atom. The lowest BCUT2D eigenvalue weighted by Crippen LogP contribution is -2.06. The molecule has 0 saturated carbocycles.